The smallest absolute Gasteiger partial charge is 0.349 e. The predicted molar refractivity (Wildman–Crippen MR) is 156 cm³/mol. The van der Waals surface area contributed by atoms with Crippen molar-refractivity contribution in [1.29, 1.82) is 0 Å². The normalized spacial score (nSPS) is 18.2. The Balaban J connectivity index is 1.12. The van der Waals surface area contributed by atoms with Gasteiger partial charge in [0.15, 0.2) is 0 Å². The van der Waals surface area contributed by atoms with Crippen LogP contribution in [0.15, 0.2) is 72.8 Å². The van der Waals surface area contributed by atoms with Crippen LogP contribution in [0.2, 0.25) is 0 Å². The third-order valence-corrected chi connectivity index (χ3v) is 9.46. The number of piperidine rings is 1. The predicted octanol–water partition coefficient (Wildman–Crippen LogP) is 6.56. The van der Waals surface area contributed by atoms with Crippen LogP contribution in [0.25, 0.3) is 11.1 Å². The number of amides is 2. The summed E-state index contributed by atoms with van der Waals surface area (Å²) in [5.41, 5.74) is 3.26. The van der Waals surface area contributed by atoms with Crippen LogP contribution in [-0.2, 0) is 16.8 Å². The fraction of sp³-hybridized carbons (Fsp3) is 0.412. The number of halogens is 5. The molecule has 1 fully saturated rings. The minimum atomic E-state index is -5.77. The van der Waals surface area contributed by atoms with E-state index in [1.54, 1.807) is 24.3 Å². The van der Waals surface area contributed by atoms with Crippen molar-refractivity contribution in [2.75, 3.05) is 26.2 Å². The molecule has 0 radical (unpaired) electrons. The Hall–Kier alpha value is -3.79. The summed E-state index contributed by atoms with van der Waals surface area (Å²) in [6.45, 7) is 1.24. The molecule has 0 unspecified atom stereocenters. The first kappa shape index (κ1) is 30.2. The van der Waals surface area contributed by atoms with E-state index >= 15 is 0 Å². The van der Waals surface area contributed by atoms with Gasteiger partial charge in [-0.25, -0.2) is 0 Å². The second kappa shape index (κ2) is 11.6. The highest BCUT2D eigenvalue weighted by Gasteiger charge is 2.58. The number of nitrogens with one attached hydrogen (secondary N) is 1. The van der Waals surface area contributed by atoms with Gasteiger partial charge in [0.2, 0.25) is 5.91 Å². The Morgan fingerprint density at radius 2 is 1.39 bits per heavy atom. The first-order valence-electron chi connectivity index (χ1n) is 15.1. The number of benzene rings is 3. The molecule has 1 aliphatic carbocycles. The zero-order valence-corrected chi connectivity index (χ0v) is 24.2. The zero-order chi connectivity index (χ0) is 31.1. The molecule has 10 heteroatoms. The van der Waals surface area contributed by atoms with Gasteiger partial charge in [-0.1, -0.05) is 73.2 Å². The van der Waals surface area contributed by atoms with Crippen molar-refractivity contribution in [3.63, 3.8) is 0 Å². The van der Waals surface area contributed by atoms with Crippen LogP contribution in [-0.4, -0.2) is 65.9 Å². The number of hydrogen-bond donors (Lipinski definition) is 1. The largest absolute Gasteiger partial charge is 0.455 e. The van der Waals surface area contributed by atoms with Gasteiger partial charge in [0, 0.05) is 31.2 Å². The first-order valence-corrected chi connectivity index (χ1v) is 15.1. The number of carbonyl (C=O) groups is 2. The van der Waals surface area contributed by atoms with E-state index in [4.69, 9.17) is 0 Å². The molecule has 232 valence electrons. The van der Waals surface area contributed by atoms with Crippen molar-refractivity contribution in [3.8, 4) is 11.1 Å². The lowest BCUT2D eigenvalue weighted by Gasteiger charge is -2.37. The van der Waals surface area contributed by atoms with Crippen LogP contribution in [0, 0.1) is 0 Å². The van der Waals surface area contributed by atoms with Gasteiger partial charge in [-0.2, -0.15) is 22.0 Å². The van der Waals surface area contributed by atoms with Crippen molar-refractivity contribution in [3.05, 3.63) is 95.1 Å². The standard InChI is InChI=1S/C34H34F5N3O2/c35-33(36,34(37,38)39)22-40-31(44)32(28-13-5-3-11-26(28)27-12-4-6-14-29(27)32)17-7-8-18-41-19-15-24(16-20-41)42-21-23-9-1-2-10-25(23)30(42)43/h1-6,9-14,24H,7-8,15-22H2,(H,40,44). The summed E-state index contributed by atoms with van der Waals surface area (Å²) >= 11 is 0. The van der Waals surface area contributed by atoms with Crippen LogP contribution in [0.4, 0.5) is 22.0 Å². The van der Waals surface area contributed by atoms with Crippen molar-refractivity contribution in [1.82, 2.24) is 15.1 Å². The van der Waals surface area contributed by atoms with Crippen LogP contribution < -0.4 is 5.32 Å². The molecule has 0 atom stereocenters. The average molecular weight is 612 g/mol. The molecule has 2 heterocycles. The van der Waals surface area contributed by atoms with E-state index < -0.39 is 30.0 Å². The highest BCUT2D eigenvalue weighted by atomic mass is 19.4. The number of rotatable bonds is 9. The van der Waals surface area contributed by atoms with Gasteiger partial charge in [0.25, 0.3) is 5.91 Å². The molecule has 0 saturated carbocycles. The fourth-order valence-corrected chi connectivity index (χ4v) is 7.15. The van der Waals surface area contributed by atoms with Gasteiger partial charge < -0.3 is 15.1 Å². The molecular weight excluding hydrogens is 577 g/mol. The molecule has 5 nitrogen and oxygen atoms in total. The van der Waals surface area contributed by atoms with E-state index in [1.807, 2.05) is 58.7 Å². The number of likely N-dealkylation sites (tertiary alicyclic amines) is 1. The quantitative estimate of drug-likeness (QED) is 0.220. The second-order valence-electron chi connectivity index (χ2n) is 12.0. The molecule has 0 aromatic heterocycles. The van der Waals surface area contributed by atoms with Crippen LogP contribution in [0.5, 0.6) is 0 Å². The Morgan fingerprint density at radius 1 is 0.818 bits per heavy atom. The van der Waals surface area contributed by atoms with Gasteiger partial charge in [-0.15, -0.1) is 0 Å². The van der Waals surface area contributed by atoms with E-state index in [0.717, 1.165) is 61.2 Å². The number of alkyl halides is 5. The lowest BCUT2D eigenvalue weighted by Crippen LogP contribution is -2.52. The molecule has 6 rings (SSSR count). The summed E-state index contributed by atoms with van der Waals surface area (Å²) in [5.74, 6) is -5.81. The summed E-state index contributed by atoms with van der Waals surface area (Å²) in [5, 5.41) is 1.97. The summed E-state index contributed by atoms with van der Waals surface area (Å²) < 4.78 is 66.5. The maximum absolute atomic E-state index is 13.9. The Bertz CT molecular complexity index is 1500. The molecule has 3 aliphatic rings. The van der Waals surface area contributed by atoms with Crippen molar-refractivity contribution in [2.24, 2.45) is 0 Å². The Kier molecular flexibility index (Phi) is 7.98. The molecule has 3 aromatic carbocycles. The molecule has 1 saturated heterocycles. The van der Waals surface area contributed by atoms with Crippen LogP contribution >= 0.6 is 0 Å². The maximum Gasteiger partial charge on any atom is 0.455 e. The SMILES string of the molecule is O=C1c2ccccc2CN1C1CCN(CCCCC2(C(=O)NCC(F)(F)C(F)(F)F)c3ccccc3-c3ccccc32)CC1. The third kappa shape index (κ3) is 5.27. The van der Waals surface area contributed by atoms with Crippen molar-refractivity contribution < 1.29 is 31.5 Å². The van der Waals surface area contributed by atoms with Gasteiger partial charge in [0.05, 0.1) is 6.54 Å². The summed E-state index contributed by atoms with van der Waals surface area (Å²) in [6, 6.07) is 22.3. The zero-order valence-electron chi connectivity index (χ0n) is 24.2. The molecular formula is C34H34F5N3O2. The summed E-state index contributed by atoms with van der Waals surface area (Å²) in [6.07, 6.45) is -2.50. The lowest BCUT2D eigenvalue weighted by molar-refractivity contribution is -0.278. The average Bonchev–Trinajstić information content (AvgIpc) is 3.51. The monoisotopic (exact) mass is 611 g/mol. The van der Waals surface area contributed by atoms with Gasteiger partial charge in [-0.3, -0.25) is 9.59 Å². The number of nitrogens with zero attached hydrogens (tertiary/aromatic N) is 2. The molecule has 2 amide bonds. The van der Waals surface area contributed by atoms with E-state index in [9.17, 15) is 31.5 Å². The second-order valence-corrected chi connectivity index (χ2v) is 12.0. The van der Waals surface area contributed by atoms with E-state index in [0.29, 0.717) is 24.1 Å². The summed E-state index contributed by atoms with van der Waals surface area (Å²) in [4.78, 5) is 31.0. The highest BCUT2D eigenvalue weighted by molar-refractivity contribution is 6.00. The third-order valence-electron chi connectivity index (χ3n) is 9.46. The number of carbonyl (C=O) groups excluding carboxylic acids is 2. The molecule has 0 spiro atoms. The van der Waals surface area contributed by atoms with E-state index in [-0.39, 0.29) is 18.4 Å². The Morgan fingerprint density at radius 3 is 1.98 bits per heavy atom. The Labute approximate surface area is 253 Å². The van der Waals surface area contributed by atoms with E-state index in [1.165, 1.54) is 0 Å². The number of fused-ring (bicyclic) bond motifs is 4. The minimum absolute atomic E-state index is 0.0905. The first-order chi connectivity index (χ1) is 21.0. The highest BCUT2D eigenvalue weighted by Crippen LogP contribution is 2.51. The van der Waals surface area contributed by atoms with Gasteiger partial charge in [-0.05, 0) is 66.1 Å². The number of hydrogen-bond acceptors (Lipinski definition) is 3. The molecule has 44 heavy (non-hydrogen) atoms. The van der Waals surface area contributed by atoms with Crippen molar-refractivity contribution >= 4 is 11.8 Å². The van der Waals surface area contributed by atoms with Crippen molar-refractivity contribution in [2.45, 2.75) is 62.2 Å². The van der Waals surface area contributed by atoms with Gasteiger partial charge >= 0.3 is 12.1 Å². The lowest BCUT2D eigenvalue weighted by atomic mass is 9.73. The van der Waals surface area contributed by atoms with Crippen LogP contribution in [0.1, 0.15) is 59.2 Å². The molecule has 0 bridgehead atoms. The van der Waals surface area contributed by atoms with E-state index in [2.05, 4.69) is 4.90 Å². The topological polar surface area (TPSA) is 52.7 Å². The minimum Gasteiger partial charge on any atom is -0.349 e. The molecule has 3 aromatic rings. The number of unbranched alkanes of at least 4 members (excludes halogenated alkanes) is 1. The van der Waals surface area contributed by atoms with Gasteiger partial charge in [0.1, 0.15) is 5.41 Å². The van der Waals surface area contributed by atoms with Crippen LogP contribution in [0.3, 0.4) is 0 Å². The molecule has 2 aliphatic heterocycles. The summed E-state index contributed by atoms with van der Waals surface area (Å²) in [7, 11) is 0. The maximum atomic E-state index is 13.9. The fourth-order valence-electron chi connectivity index (χ4n) is 7.15. The molecule has 1 N–H and O–H groups in total.